The summed E-state index contributed by atoms with van der Waals surface area (Å²) in [5, 5.41) is 0. The lowest BCUT2D eigenvalue weighted by Gasteiger charge is -2.23. The van der Waals surface area contributed by atoms with Gasteiger partial charge in [-0.2, -0.15) is 0 Å². The lowest BCUT2D eigenvalue weighted by molar-refractivity contribution is 0.567. The van der Waals surface area contributed by atoms with Crippen LogP contribution < -0.4 is 10.6 Å². The number of hydrogen-bond acceptors (Lipinski definition) is 2. The third-order valence-corrected chi connectivity index (χ3v) is 3.62. The van der Waals surface area contributed by atoms with Gasteiger partial charge in [0.05, 0.1) is 0 Å². The van der Waals surface area contributed by atoms with Crippen molar-refractivity contribution < 1.29 is 8.78 Å². The van der Waals surface area contributed by atoms with Gasteiger partial charge < -0.3 is 10.6 Å². The Labute approximate surface area is 124 Å². The molecule has 1 atom stereocenters. The van der Waals surface area contributed by atoms with Crippen molar-refractivity contribution in [2.45, 2.75) is 19.4 Å². The molecule has 0 fully saturated rings. The van der Waals surface area contributed by atoms with E-state index < -0.39 is 11.6 Å². The molecule has 0 aliphatic heterocycles. The lowest BCUT2D eigenvalue weighted by atomic mass is 10.0. The van der Waals surface area contributed by atoms with Gasteiger partial charge in [-0.15, -0.1) is 0 Å². The largest absolute Gasteiger partial charge is 0.374 e. The van der Waals surface area contributed by atoms with Crippen LogP contribution in [0.3, 0.4) is 0 Å². The van der Waals surface area contributed by atoms with Crippen LogP contribution in [-0.2, 0) is 0 Å². The Bertz CT molecular complexity index is 593. The highest BCUT2D eigenvalue weighted by atomic mass is 19.1. The van der Waals surface area contributed by atoms with Crippen molar-refractivity contribution in [3.8, 4) is 0 Å². The van der Waals surface area contributed by atoms with Crippen molar-refractivity contribution in [1.82, 2.24) is 0 Å². The summed E-state index contributed by atoms with van der Waals surface area (Å²) < 4.78 is 26.4. The van der Waals surface area contributed by atoms with Gasteiger partial charge in [-0.3, -0.25) is 0 Å². The number of hydrogen-bond donors (Lipinski definition) is 1. The molecule has 2 aromatic rings. The highest BCUT2D eigenvalue weighted by Gasteiger charge is 2.11. The van der Waals surface area contributed by atoms with Gasteiger partial charge in [0.1, 0.15) is 11.6 Å². The zero-order chi connectivity index (χ0) is 15.4. The number of anilines is 1. The molecule has 2 N–H and O–H groups in total. The summed E-state index contributed by atoms with van der Waals surface area (Å²) in [6.07, 6.45) is 0.619. The van der Waals surface area contributed by atoms with E-state index in [1.165, 1.54) is 17.7 Å². The highest BCUT2D eigenvalue weighted by molar-refractivity contribution is 5.52. The molecule has 1 unspecified atom stereocenters. The lowest BCUT2D eigenvalue weighted by Crippen LogP contribution is -2.24. The number of aryl methyl sites for hydroxylation is 1. The van der Waals surface area contributed by atoms with Gasteiger partial charge in [0, 0.05) is 31.4 Å². The number of nitrogens with zero attached hydrogens (tertiary/aromatic N) is 1. The number of halogens is 2. The van der Waals surface area contributed by atoms with Crippen molar-refractivity contribution >= 4 is 5.69 Å². The summed E-state index contributed by atoms with van der Waals surface area (Å²) in [7, 11) is 1.99. The number of nitrogens with two attached hydrogens (primary N) is 1. The minimum Gasteiger partial charge on any atom is -0.374 e. The summed E-state index contributed by atoms with van der Waals surface area (Å²) in [5.41, 5.74) is 8.85. The molecule has 21 heavy (non-hydrogen) atoms. The molecule has 2 aromatic carbocycles. The molecule has 2 rings (SSSR count). The second-order valence-electron chi connectivity index (χ2n) is 5.31. The van der Waals surface area contributed by atoms with E-state index in [4.69, 9.17) is 5.73 Å². The van der Waals surface area contributed by atoms with E-state index in [2.05, 4.69) is 4.90 Å². The van der Waals surface area contributed by atoms with E-state index in [9.17, 15) is 8.78 Å². The zero-order valence-corrected chi connectivity index (χ0v) is 12.3. The molecule has 0 aromatic heterocycles. The average Bonchev–Trinajstić information content (AvgIpc) is 2.43. The van der Waals surface area contributed by atoms with Crippen molar-refractivity contribution in [2.75, 3.05) is 18.5 Å². The van der Waals surface area contributed by atoms with E-state index in [0.717, 1.165) is 11.8 Å². The summed E-state index contributed by atoms with van der Waals surface area (Å²) in [6, 6.07) is 11.1. The normalized spacial score (nSPS) is 12.2. The molecule has 0 bridgehead atoms. The maximum atomic E-state index is 13.2. The Kier molecular flexibility index (Phi) is 4.91. The van der Waals surface area contributed by atoms with Crippen LogP contribution in [0.2, 0.25) is 0 Å². The van der Waals surface area contributed by atoms with Gasteiger partial charge in [0.15, 0.2) is 0 Å². The molecule has 0 saturated carbocycles. The average molecular weight is 290 g/mol. The van der Waals surface area contributed by atoms with Gasteiger partial charge in [-0.05, 0) is 42.7 Å². The quantitative estimate of drug-likeness (QED) is 0.907. The van der Waals surface area contributed by atoms with Gasteiger partial charge in [0.2, 0.25) is 0 Å². The first-order chi connectivity index (χ1) is 9.97. The Hall–Kier alpha value is -1.94. The predicted octanol–water partition coefficient (Wildman–Crippen LogP) is 3.80. The molecule has 0 aliphatic carbocycles. The second-order valence-corrected chi connectivity index (χ2v) is 5.31. The molecule has 112 valence electrons. The zero-order valence-electron chi connectivity index (χ0n) is 12.3. The smallest absolute Gasteiger partial charge is 0.126 e. The van der Waals surface area contributed by atoms with E-state index in [-0.39, 0.29) is 6.04 Å². The van der Waals surface area contributed by atoms with Crippen LogP contribution in [0.5, 0.6) is 0 Å². The first-order valence-electron chi connectivity index (χ1n) is 6.95. The van der Waals surface area contributed by atoms with Crippen LogP contribution >= 0.6 is 0 Å². The van der Waals surface area contributed by atoms with Crippen molar-refractivity contribution in [2.24, 2.45) is 5.73 Å². The molecular formula is C17H20F2N2. The van der Waals surface area contributed by atoms with Crippen LogP contribution in [0.25, 0.3) is 0 Å². The SMILES string of the molecule is Cc1ccccc1N(C)CCC(N)c1cc(F)cc(F)c1. The fraction of sp³-hybridized carbons (Fsp3) is 0.294. The van der Waals surface area contributed by atoms with Crippen LogP contribution in [-0.4, -0.2) is 13.6 Å². The maximum Gasteiger partial charge on any atom is 0.126 e. The first kappa shape index (κ1) is 15.4. The van der Waals surface area contributed by atoms with Gasteiger partial charge >= 0.3 is 0 Å². The standard InChI is InChI=1S/C17H20F2N2/c1-12-5-3-4-6-17(12)21(2)8-7-16(20)13-9-14(18)11-15(19)10-13/h3-6,9-11,16H,7-8,20H2,1-2H3. The fourth-order valence-corrected chi connectivity index (χ4v) is 2.40. The van der Waals surface area contributed by atoms with E-state index in [0.29, 0.717) is 18.5 Å². The van der Waals surface area contributed by atoms with Crippen LogP contribution in [0.4, 0.5) is 14.5 Å². The van der Waals surface area contributed by atoms with Crippen molar-refractivity contribution in [3.05, 3.63) is 65.2 Å². The van der Waals surface area contributed by atoms with E-state index in [1.807, 2.05) is 38.2 Å². The minimum absolute atomic E-state index is 0.387. The fourth-order valence-electron chi connectivity index (χ4n) is 2.40. The molecule has 0 heterocycles. The number of benzene rings is 2. The molecule has 0 amide bonds. The second kappa shape index (κ2) is 6.68. The molecular weight excluding hydrogens is 270 g/mol. The van der Waals surface area contributed by atoms with Crippen LogP contribution in [0.1, 0.15) is 23.6 Å². The molecule has 0 aliphatic rings. The van der Waals surface area contributed by atoms with Crippen LogP contribution in [0.15, 0.2) is 42.5 Å². The number of para-hydroxylation sites is 1. The Morgan fingerprint density at radius 2 is 1.71 bits per heavy atom. The summed E-state index contributed by atoms with van der Waals surface area (Å²) in [4.78, 5) is 2.10. The first-order valence-corrected chi connectivity index (χ1v) is 6.95. The predicted molar refractivity (Wildman–Crippen MR) is 82.4 cm³/mol. The monoisotopic (exact) mass is 290 g/mol. The van der Waals surface area contributed by atoms with Gasteiger partial charge in [-0.1, -0.05) is 18.2 Å². The third-order valence-electron chi connectivity index (χ3n) is 3.62. The summed E-state index contributed by atoms with van der Waals surface area (Å²) >= 11 is 0. The van der Waals surface area contributed by atoms with Crippen molar-refractivity contribution in [1.29, 1.82) is 0 Å². The van der Waals surface area contributed by atoms with E-state index in [1.54, 1.807) is 0 Å². The summed E-state index contributed by atoms with van der Waals surface area (Å²) in [6.45, 7) is 2.76. The molecule has 0 saturated heterocycles. The Morgan fingerprint density at radius 3 is 2.33 bits per heavy atom. The Balaban J connectivity index is 2.00. The Morgan fingerprint density at radius 1 is 1.10 bits per heavy atom. The summed E-state index contributed by atoms with van der Waals surface area (Å²) in [5.74, 6) is -1.18. The molecule has 0 radical (unpaired) electrons. The minimum atomic E-state index is -0.590. The highest BCUT2D eigenvalue weighted by Crippen LogP contribution is 2.21. The maximum absolute atomic E-state index is 13.2. The van der Waals surface area contributed by atoms with E-state index >= 15 is 0 Å². The van der Waals surface area contributed by atoms with Gasteiger partial charge in [0.25, 0.3) is 0 Å². The third kappa shape index (κ3) is 4.02. The molecule has 4 heteroatoms. The molecule has 0 spiro atoms. The van der Waals surface area contributed by atoms with Crippen molar-refractivity contribution in [3.63, 3.8) is 0 Å². The van der Waals surface area contributed by atoms with Gasteiger partial charge in [-0.25, -0.2) is 8.78 Å². The molecule has 2 nitrogen and oxygen atoms in total. The number of rotatable bonds is 5. The van der Waals surface area contributed by atoms with Crippen LogP contribution in [0, 0.1) is 18.6 Å². The topological polar surface area (TPSA) is 29.3 Å².